The van der Waals surface area contributed by atoms with Gasteiger partial charge >= 0.3 is 5.97 Å². The SMILES string of the molecule is O=C(O)c1cc(OCCOc2ccccc2)cs1. The van der Waals surface area contributed by atoms with Gasteiger partial charge in [-0.05, 0) is 12.1 Å². The van der Waals surface area contributed by atoms with E-state index in [0.29, 0.717) is 19.0 Å². The van der Waals surface area contributed by atoms with Gasteiger partial charge in [0.05, 0.1) is 0 Å². The van der Waals surface area contributed by atoms with Crippen LogP contribution < -0.4 is 9.47 Å². The zero-order valence-corrected chi connectivity index (χ0v) is 10.4. The summed E-state index contributed by atoms with van der Waals surface area (Å²) in [4.78, 5) is 10.9. The van der Waals surface area contributed by atoms with Gasteiger partial charge in [0.2, 0.25) is 0 Å². The van der Waals surface area contributed by atoms with Gasteiger partial charge < -0.3 is 14.6 Å². The van der Waals surface area contributed by atoms with Crippen LogP contribution in [0, 0.1) is 0 Å². The molecule has 0 bridgehead atoms. The summed E-state index contributed by atoms with van der Waals surface area (Å²) in [5.74, 6) is 0.419. The molecule has 0 aliphatic heterocycles. The van der Waals surface area contributed by atoms with Crippen molar-refractivity contribution in [3.63, 3.8) is 0 Å². The van der Waals surface area contributed by atoms with Gasteiger partial charge in [-0.3, -0.25) is 0 Å². The molecule has 1 heterocycles. The number of carboxylic acids is 1. The molecule has 0 spiro atoms. The minimum Gasteiger partial charge on any atom is -0.490 e. The standard InChI is InChI=1S/C13H12O4S/c14-13(15)12-8-11(9-18-12)17-7-6-16-10-4-2-1-3-5-10/h1-5,8-9H,6-7H2,(H,14,15). The first-order valence-electron chi connectivity index (χ1n) is 5.38. The van der Waals surface area contributed by atoms with Crippen molar-refractivity contribution in [2.24, 2.45) is 0 Å². The van der Waals surface area contributed by atoms with Crippen LogP contribution >= 0.6 is 11.3 Å². The summed E-state index contributed by atoms with van der Waals surface area (Å²) in [7, 11) is 0. The maximum absolute atomic E-state index is 10.7. The molecule has 0 radical (unpaired) electrons. The third kappa shape index (κ3) is 3.49. The Bertz CT molecular complexity index is 507. The van der Waals surface area contributed by atoms with Crippen molar-refractivity contribution in [1.29, 1.82) is 0 Å². The molecule has 5 heteroatoms. The van der Waals surface area contributed by atoms with Crippen LogP contribution in [-0.4, -0.2) is 24.3 Å². The minimum atomic E-state index is -0.935. The molecule has 0 saturated heterocycles. The molecule has 0 fully saturated rings. The third-order valence-corrected chi connectivity index (χ3v) is 3.05. The summed E-state index contributed by atoms with van der Waals surface area (Å²) in [5, 5.41) is 10.4. The number of thiophene rings is 1. The number of ether oxygens (including phenoxy) is 2. The number of carboxylic acid groups (broad SMARTS) is 1. The van der Waals surface area contributed by atoms with Gasteiger partial charge in [0, 0.05) is 11.4 Å². The van der Waals surface area contributed by atoms with Gasteiger partial charge in [0.1, 0.15) is 29.6 Å². The number of carbonyl (C=O) groups is 1. The highest BCUT2D eigenvalue weighted by molar-refractivity contribution is 7.12. The molecular formula is C13H12O4S. The van der Waals surface area contributed by atoms with Crippen molar-refractivity contribution in [3.05, 3.63) is 46.7 Å². The fourth-order valence-corrected chi connectivity index (χ4v) is 2.01. The quantitative estimate of drug-likeness (QED) is 0.815. The highest BCUT2D eigenvalue weighted by atomic mass is 32.1. The van der Waals surface area contributed by atoms with Gasteiger partial charge in [-0.15, -0.1) is 11.3 Å². The van der Waals surface area contributed by atoms with Gasteiger partial charge in [0.15, 0.2) is 0 Å². The molecule has 0 aliphatic carbocycles. The maximum atomic E-state index is 10.7. The molecule has 0 atom stereocenters. The van der Waals surface area contributed by atoms with E-state index in [4.69, 9.17) is 14.6 Å². The lowest BCUT2D eigenvalue weighted by atomic mass is 10.3. The van der Waals surface area contributed by atoms with Crippen molar-refractivity contribution >= 4 is 17.3 Å². The highest BCUT2D eigenvalue weighted by Crippen LogP contribution is 2.21. The number of para-hydroxylation sites is 1. The number of benzene rings is 1. The van der Waals surface area contributed by atoms with Crippen LogP contribution in [0.3, 0.4) is 0 Å². The van der Waals surface area contributed by atoms with Crippen molar-refractivity contribution < 1.29 is 19.4 Å². The van der Waals surface area contributed by atoms with E-state index in [0.717, 1.165) is 17.1 Å². The zero-order valence-electron chi connectivity index (χ0n) is 9.54. The lowest BCUT2D eigenvalue weighted by Crippen LogP contribution is -2.08. The molecule has 0 amide bonds. The van der Waals surface area contributed by atoms with E-state index in [1.54, 1.807) is 5.38 Å². The van der Waals surface area contributed by atoms with Crippen LogP contribution in [0.25, 0.3) is 0 Å². The van der Waals surface area contributed by atoms with Crippen LogP contribution in [-0.2, 0) is 0 Å². The van der Waals surface area contributed by atoms with Crippen LogP contribution in [0.1, 0.15) is 9.67 Å². The fraction of sp³-hybridized carbons (Fsp3) is 0.154. The average molecular weight is 264 g/mol. The lowest BCUT2D eigenvalue weighted by molar-refractivity contribution is 0.0702. The summed E-state index contributed by atoms with van der Waals surface area (Å²) in [5.41, 5.74) is 0. The topological polar surface area (TPSA) is 55.8 Å². The largest absolute Gasteiger partial charge is 0.490 e. The van der Waals surface area contributed by atoms with E-state index in [2.05, 4.69) is 0 Å². The first-order valence-corrected chi connectivity index (χ1v) is 6.26. The number of rotatable bonds is 6. The molecular weight excluding hydrogens is 252 g/mol. The van der Waals surface area contributed by atoms with Gasteiger partial charge in [-0.1, -0.05) is 18.2 Å². The van der Waals surface area contributed by atoms with Gasteiger partial charge in [0.25, 0.3) is 0 Å². The van der Waals surface area contributed by atoms with Crippen LogP contribution in [0.5, 0.6) is 11.5 Å². The van der Waals surface area contributed by atoms with Crippen molar-refractivity contribution in [3.8, 4) is 11.5 Å². The van der Waals surface area contributed by atoms with E-state index in [1.807, 2.05) is 30.3 Å². The lowest BCUT2D eigenvalue weighted by Gasteiger charge is -2.06. The van der Waals surface area contributed by atoms with Crippen molar-refractivity contribution in [2.75, 3.05) is 13.2 Å². The summed E-state index contributed by atoms with van der Waals surface area (Å²) in [6.07, 6.45) is 0. The number of aromatic carboxylic acids is 1. The van der Waals surface area contributed by atoms with E-state index in [-0.39, 0.29) is 4.88 Å². The molecule has 94 valence electrons. The smallest absolute Gasteiger partial charge is 0.346 e. The number of hydrogen-bond donors (Lipinski definition) is 1. The second kappa shape index (κ2) is 6.07. The predicted molar refractivity (Wildman–Crippen MR) is 68.7 cm³/mol. The predicted octanol–water partition coefficient (Wildman–Crippen LogP) is 2.90. The molecule has 18 heavy (non-hydrogen) atoms. The highest BCUT2D eigenvalue weighted by Gasteiger charge is 2.07. The van der Waals surface area contributed by atoms with Crippen LogP contribution in [0.4, 0.5) is 0 Å². The van der Waals surface area contributed by atoms with E-state index < -0.39 is 5.97 Å². The van der Waals surface area contributed by atoms with Crippen molar-refractivity contribution in [1.82, 2.24) is 0 Å². The van der Waals surface area contributed by atoms with Crippen LogP contribution in [0.2, 0.25) is 0 Å². The summed E-state index contributed by atoms with van der Waals surface area (Å²) in [6, 6.07) is 11.0. The van der Waals surface area contributed by atoms with Crippen LogP contribution in [0.15, 0.2) is 41.8 Å². The average Bonchev–Trinajstić information content (AvgIpc) is 2.85. The second-order valence-corrected chi connectivity index (χ2v) is 4.37. The molecule has 0 unspecified atom stereocenters. The molecule has 1 aromatic carbocycles. The van der Waals surface area contributed by atoms with E-state index >= 15 is 0 Å². The van der Waals surface area contributed by atoms with Gasteiger partial charge in [-0.25, -0.2) is 4.79 Å². The molecule has 1 aromatic heterocycles. The normalized spacial score (nSPS) is 10.0. The molecule has 4 nitrogen and oxygen atoms in total. The zero-order chi connectivity index (χ0) is 12.8. The monoisotopic (exact) mass is 264 g/mol. The Morgan fingerprint density at radius 2 is 1.78 bits per heavy atom. The summed E-state index contributed by atoms with van der Waals surface area (Å²) >= 11 is 1.15. The Balaban J connectivity index is 1.73. The molecule has 0 aliphatic rings. The first-order chi connectivity index (χ1) is 8.75. The molecule has 2 rings (SSSR count). The minimum absolute atomic E-state index is 0.272. The Kier molecular flexibility index (Phi) is 4.20. The second-order valence-electron chi connectivity index (χ2n) is 3.46. The summed E-state index contributed by atoms with van der Waals surface area (Å²) in [6.45, 7) is 0.799. The fourth-order valence-electron chi connectivity index (χ4n) is 1.34. The number of hydrogen-bond acceptors (Lipinski definition) is 4. The Morgan fingerprint density at radius 1 is 1.11 bits per heavy atom. The van der Waals surface area contributed by atoms with E-state index in [1.165, 1.54) is 6.07 Å². The first kappa shape index (κ1) is 12.4. The summed E-state index contributed by atoms with van der Waals surface area (Å²) < 4.78 is 10.8. The molecule has 2 aromatic rings. The van der Waals surface area contributed by atoms with Crippen molar-refractivity contribution in [2.45, 2.75) is 0 Å². The third-order valence-electron chi connectivity index (χ3n) is 2.15. The van der Waals surface area contributed by atoms with E-state index in [9.17, 15) is 4.79 Å². The Labute approximate surface area is 108 Å². The maximum Gasteiger partial charge on any atom is 0.346 e. The Morgan fingerprint density at radius 3 is 2.39 bits per heavy atom. The Hall–Kier alpha value is -2.01. The van der Waals surface area contributed by atoms with Gasteiger partial charge in [-0.2, -0.15) is 0 Å². The molecule has 1 N–H and O–H groups in total. The molecule has 0 saturated carbocycles.